The van der Waals surface area contributed by atoms with Crippen molar-refractivity contribution in [1.29, 1.82) is 0 Å². The van der Waals surface area contributed by atoms with E-state index < -0.39 is 0 Å². The van der Waals surface area contributed by atoms with Gasteiger partial charge in [-0.2, -0.15) is 0 Å². The van der Waals surface area contributed by atoms with Gasteiger partial charge in [0, 0.05) is 24.4 Å². The maximum Gasteiger partial charge on any atom is 0.228 e. The number of fused-ring (bicyclic) bond motifs is 1. The van der Waals surface area contributed by atoms with Crippen molar-refractivity contribution >= 4 is 5.78 Å². The van der Waals surface area contributed by atoms with Crippen LogP contribution in [-0.2, 0) is 0 Å². The van der Waals surface area contributed by atoms with Crippen molar-refractivity contribution < 1.29 is 14.3 Å². The molecule has 0 atom stereocenters. The Hall–Kier alpha value is -2.30. The number of benzene rings is 1. The molecular weight excluding hydrogens is 232 g/mol. The summed E-state index contributed by atoms with van der Waals surface area (Å²) in [6.45, 7) is 1.24. The quantitative estimate of drug-likeness (QED) is 0.818. The number of rotatable bonds is 2. The third kappa shape index (κ3) is 1.95. The molecule has 2 heterocycles. The normalized spacial score (nSPS) is 14.0. The number of carbonyl (C=O) groups is 1. The number of ketones is 1. The zero-order valence-electron chi connectivity index (χ0n) is 9.68. The van der Waals surface area contributed by atoms with E-state index in [0.717, 1.165) is 6.42 Å². The molecular formula is C13H12N2O3. The maximum atomic E-state index is 12.1. The molecule has 0 fully saturated rings. The van der Waals surface area contributed by atoms with Crippen molar-refractivity contribution in [2.75, 3.05) is 13.2 Å². The van der Waals surface area contributed by atoms with Crippen molar-refractivity contribution in [2.24, 2.45) is 0 Å². The van der Waals surface area contributed by atoms with Crippen LogP contribution in [0, 0.1) is 0 Å². The Bertz CT molecular complexity index is 564. The van der Waals surface area contributed by atoms with Crippen LogP contribution in [0.1, 0.15) is 22.6 Å². The lowest BCUT2D eigenvalue weighted by atomic mass is 10.1. The standard InChI is InChI=1S/C13H12N2O3/c16-12(13-14-4-5-15-13)9-2-3-10-11(8-9)18-7-1-6-17-10/h2-5,8H,1,6-7H2,(H,14,15). The maximum absolute atomic E-state index is 12.1. The van der Waals surface area contributed by atoms with Crippen molar-refractivity contribution in [2.45, 2.75) is 6.42 Å². The minimum Gasteiger partial charge on any atom is -0.490 e. The van der Waals surface area contributed by atoms with Gasteiger partial charge in [0.05, 0.1) is 13.2 Å². The van der Waals surface area contributed by atoms with E-state index in [4.69, 9.17) is 9.47 Å². The van der Waals surface area contributed by atoms with Crippen LogP contribution in [0.2, 0.25) is 0 Å². The molecule has 1 aliphatic heterocycles. The Kier molecular flexibility index (Phi) is 2.72. The highest BCUT2D eigenvalue weighted by molar-refractivity contribution is 6.06. The van der Waals surface area contributed by atoms with E-state index in [9.17, 15) is 4.79 Å². The average Bonchev–Trinajstić information content (AvgIpc) is 2.83. The molecule has 1 aromatic carbocycles. The molecule has 0 saturated carbocycles. The SMILES string of the molecule is O=C(c1ccc2c(c1)OCCCO2)c1ncc[nH]1. The molecule has 1 aliphatic rings. The van der Waals surface area contributed by atoms with Crippen molar-refractivity contribution in [3.63, 3.8) is 0 Å². The molecule has 0 unspecified atom stereocenters. The Balaban J connectivity index is 1.94. The molecule has 3 rings (SSSR count). The van der Waals surface area contributed by atoms with Gasteiger partial charge in [0.1, 0.15) is 0 Å². The fraction of sp³-hybridized carbons (Fsp3) is 0.231. The number of hydrogen-bond acceptors (Lipinski definition) is 4. The fourth-order valence-electron chi connectivity index (χ4n) is 1.83. The van der Waals surface area contributed by atoms with Gasteiger partial charge in [-0.25, -0.2) is 4.98 Å². The first-order valence-corrected chi connectivity index (χ1v) is 5.78. The smallest absolute Gasteiger partial charge is 0.228 e. The number of hydrogen-bond donors (Lipinski definition) is 1. The summed E-state index contributed by atoms with van der Waals surface area (Å²) < 4.78 is 11.1. The van der Waals surface area contributed by atoms with Crippen LogP contribution in [0.5, 0.6) is 11.5 Å². The topological polar surface area (TPSA) is 64.2 Å². The van der Waals surface area contributed by atoms with Crippen molar-refractivity contribution in [3.05, 3.63) is 42.0 Å². The monoisotopic (exact) mass is 244 g/mol. The second-order valence-electron chi connectivity index (χ2n) is 3.98. The summed E-state index contributed by atoms with van der Waals surface area (Å²) in [6, 6.07) is 5.18. The zero-order valence-corrected chi connectivity index (χ0v) is 9.68. The van der Waals surface area contributed by atoms with Crippen LogP contribution in [-0.4, -0.2) is 29.0 Å². The molecule has 5 heteroatoms. The highest BCUT2D eigenvalue weighted by Gasteiger charge is 2.16. The fourth-order valence-corrected chi connectivity index (χ4v) is 1.83. The summed E-state index contributed by atoms with van der Waals surface area (Å²) in [5, 5.41) is 0. The largest absolute Gasteiger partial charge is 0.490 e. The predicted octanol–water partition coefficient (Wildman–Crippen LogP) is 1.80. The predicted molar refractivity (Wildman–Crippen MR) is 64.1 cm³/mol. The Labute approximate surface area is 104 Å². The Morgan fingerprint density at radius 3 is 2.83 bits per heavy atom. The van der Waals surface area contributed by atoms with Gasteiger partial charge < -0.3 is 14.5 Å². The number of aromatic amines is 1. The van der Waals surface area contributed by atoms with Gasteiger partial charge in [0.2, 0.25) is 5.78 Å². The van der Waals surface area contributed by atoms with Crippen LogP contribution in [0.3, 0.4) is 0 Å². The van der Waals surface area contributed by atoms with Gasteiger partial charge in [0.15, 0.2) is 17.3 Å². The van der Waals surface area contributed by atoms with Gasteiger partial charge in [-0.1, -0.05) is 0 Å². The minimum absolute atomic E-state index is 0.157. The van der Waals surface area contributed by atoms with E-state index in [2.05, 4.69) is 9.97 Å². The molecule has 1 N–H and O–H groups in total. The molecule has 0 aliphatic carbocycles. The lowest BCUT2D eigenvalue weighted by Gasteiger charge is -2.08. The molecule has 92 valence electrons. The second kappa shape index (κ2) is 4.52. The third-order valence-corrected chi connectivity index (χ3v) is 2.72. The van der Waals surface area contributed by atoms with Gasteiger partial charge in [-0.15, -0.1) is 0 Å². The van der Waals surface area contributed by atoms with E-state index >= 15 is 0 Å². The molecule has 0 spiro atoms. The van der Waals surface area contributed by atoms with E-state index in [1.165, 1.54) is 0 Å². The minimum atomic E-state index is -0.157. The zero-order chi connectivity index (χ0) is 12.4. The van der Waals surface area contributed by atoms with E-state index in [1.807, 2.05) is 0 Å². The Morgan fingerprint density at radius 1 is 1.22 bits per heavy atom. The van der Waals surface area contributed by atoms with Gasteiger partial charge in [0.25, 0.3) is 0 Å². The summed E-state index contributed by atoms with van der Waals surface area (Å²) in [7, 11) is 0. The summed E-state index contributed by atoms with van der Waals surface area (Å²) >= 11 is 0. The first-order valence-electron chi connectivity index (χ1n) is 5.78. The van der Waals surface area contributed by atoms with Gasteiger partial charge in [-0.3, -0.25) is 4.79 Å². The van der Waals surface area contributed by atoms with E-state index in [0.29, 0.717) is 36.1 Å². The second-order valence-corrected chi connectivity index (χ2v) is 3.98. The lowest BCUT2D eigenvalue weighted by Crippen LogP contribution is -2.04. The first kappa shape index (κ1) is 10.8. The van der Waals surface area contributed by atoms with Crippen LogP contribution in [0.4, 0.5) is 0 Å². The molecule has 0 radical (unpaired) electrons. The molecule has 2 aromatic rings. The summed E-state index contributed by atoms with van der Waals surface area (Å²) in [5.41, 5.74) is 0.536. The van der Waals surface area contributed by atoms with Crippen LogP contribution >= 0.6 is 0 Å². The van der Waals surface area contributed by atoms with Gasteiger partial charge in [-0.05, 0) is 18.2 Å². The van der Waals surface area contributed by atoms with Crippen molar-refractivity contribution in [3.8, 4) is 11.5 Å². The third-order valence-electron chi connectivity index (χ3n) is 2.72. The number of aromatic nitrogens is 2. The highest BCUT2D eigenvalue weighted by Crippen LogP contribution is 2.30. The molecule has 1 aromatic heterocycles. The number of H-pyrrole nitrogens is 1. The summed E-state index contributed by atoms with van der Waals surface area (Å²) in [5.74, 6) is 1.47. The molecule has 18 heavy (non-hydrogen) atoms. The number of imidazole rings is 1. The summed E-state index contributed by atoms with van der Waals surface area (Å²) in [4.78, 5) is 18.8. The highest BCUT2D eigenvalue weighted by atomic mass is 16.5. The van der Waals surface area contributed by atoms with E-state index in [1.54, 1.807) is 30.6 Å². The van der Waals surface area contributed by atoms with E-state index in [-0.39, 0.29) is 5.78 Å². The number of nitrogens with zero attached hydrogens (tertiary/aromatic N) is 1. The summed E-state index contributed by atoms with van der Waals surface area (Å²) in [6.07, 6.45) is 4.02. The van der Waals surface area contributed by atoms with Crippen molar-refractivity contribution in [1.82, 2.24) is 9.97 Å². The Morgan fingerprint density at radius 2 is 2.06 bits per heavy atom. The van der Waals surface area contributed by atoms with Crippen LogP contribution in [0.15, 0.2) is 30.6 Å². The van der Waals surface area contributed by atoms with Crippen LogP contribution in [0.25, 0.3) is 0 Å². The molecule has 0 saturated heterocycles. The average molecular weight is 244 g/mol. The molecule has 5 nitrogen and oxygen atoms in total. The van der Waals surface area contributed by atoms with Crippen LogP contribution < -0.4 is 9.47 Å². The molecule has 0 amide bonds. The number of ether oxygens (including phenoxy) is 2. The lowest BCUT2D eigenvalue weighted by molar-refractivity contribution is 0.103. The number of carbonyl (C=O) groups excluding carboxylic acids is 1. The first-order chi connectivity index (χ1) is 8.84. The molecule has 0 bridgehead atoms. The number of nitrogens with one attached hydrogen (secondary N) is 1. The van der Waals surface area contributed by atoms with Gasteiger partial charge >= 0.3 is 0 Å².